The van der Waals surface area contributed by atoms with E-state index < -0.39 is 12.0 Å². The first-order chi connectivity index (χ1) is 9.02. The lowest BCUT2D eigenvalue weighted by molar-refractivity contribution is -0.137. The van der Waals surface area contributed by atoms with Crippen molar-refractivity contribution in [1.82, 2.24) is 5.32 Å². The number of carbonyl (C=O) groups is 2. The van der Waals surface area contributed by atoms with Crippen LogP contribution in [0.1, 0.15) is 31.4 Å². The number of carboxylic acid groups (broad SMARTS) is 1. The Bertz CT molecular complexity index is 420. The molecule has 0 bridgehead atoms. The maximum absolute atomic E-state index is 11.8. The lowest BCUT2D eigenvalue weighted by Gasteiger charge is -2.18. The molecule has 0 aromatic heterocycles. The van der Waals surface area contributed by atoms with Crippen molar-refractivity contribution in [3.63, 3.8) is 0 Å². The van der Waals surface area contributed by atoms with Gasteiger partial charge in [0.25, 0.3) is 0 Å². The fourth-order valence-electron chi connectivity index (χ4n) is 1.77. The predicted octanol–water partition coefficient (Wildman–Crippen LogP) is 1.30. The Morgan fingerprint density at radius 2 is 1.89 bits per heavy atom. The van der Waals surface area contributed by atoms with Crippen LogP contribution in [0.2, 0.25) is 0 Å². The van der Waals surface area contributed by atoms with E-state index in [-0.39, 0.29) is 18.2 Å². The van der Waals surface area contributed by atoms with Crippen LogP contribution < -0.4 is 11.1 Å². The molecule has 0 aliphatic carbocycles. The number of rotatable bonds is 7. The van der Waals surface area contributed by atoms with Crippen LogP contribution in [0.4, 0.5) is 0 Å². The lowest BCUT2D eigenvalue weighted by Crippen LogP contribution is -2.32. The van der Waals surface area contributed by atoms with Crippen LogP contribution in [-0.2, 0) is 9.59 Å². The van der Waals surface area contributed by atoms with E-state index in [1.807, 2.05) is 25.1 Å². The van der Waals surface area contributed by atoms with Gasteiger partial charge in [-0.05, 0) is 18.0 Å². The summed E-state index contributed by atoms with van der Waals surface area (Å²) < 4.78 is 0. The lowest BCUT2D eigenvalue weighted by atomic mass is 10.0. The van der Waals surface area contributed by atoms with Gasteiger partial charge in [-0.3, -0.25) is 9.59 Å². The summed E-state index contributed by atoms with van der Waals surface area (Å²) in [6.07, 6.45) is 0.173. The molecule has 1 aromatic carbocycles. The molecule has 19 heavy (non-hydrogen) atoms. The Kier molecular flexibility index (Phi) is 6.02. The number of nitrogens with one attached hydrogen (secondary N) is 1. The standard InChI is InChI=1S/C14H20N2O3/c1-10(9-15)7-13(17)16-12(8-14(18)19)11-5-3-2-4-6-11/h2-6,10,12H,7-9,15H2,1H3,(H,16,17)(H,18,19). The molecule has 5 nitrogen and oxygen atoms in total. The molecular formula is C14H20N2O3. The van der Waals surface area contributed by atoms with Crippen molar-refractivity contribution in [2.45, 2.75) is 25.8 Å². The van der Waals surface area contributed by atoms with Gasteiger partial charge in [0.2, 0.25) is 5.91 Å². The summed E-state index contributed by atoms with van der Waals surface area (Å²) in [5, 5.41) is 11.7. The predicted molar refractivity (Wildman–Crippen MR) is 72.4 cm³/mol. The van der Waals surface area contributed by atoms with Crippen LogP contribution in [0, 0.1) is 5.92 Å². The van der Waals surface area contributed by atoms with E-state index in [4.69, 9.17) is 10.8 Å². The number of aliphatic carboxylic acids is 1. The third-order valence-corrected chi connectivity index (χ3v) is 2.85. The van der Waals surface area contributed by atoms with Crippen molar-refractivity contribution >= 4 is 11.9 Å². The van der Waals surface area contributed by atoms with E-state index in [2.05, 4.69) is 5.32 Å². The van der Waals surface area contributed by atoms with Crippen LogP contribution >= 0.6 is 0 Å². The molecule has 1 amide bonds. The molecule has 2 atom stereocenters. The number of carbonyl (C=O) groups excluding carboxylic acids is 1. The van der Waals surface area contributed by atoms with Gasteiger partial charge in [0.1, 0.15) is 0 Å². The summed E-state index contributed by atoms with van der Waals surface area (Å²) in [6, 6.07) is 8.59. The Morgan fingerprint density at radius 1 is 1.26 bits per heavy atom. The van der Waals surface area contributed by atoms with Crippen LogP contribution in [0.15, 0.2) is 30.3 Å². The monoisotopic (exact) mass is 264 g/mol. The fraction of sp³-hybridized carbons (Fsp3) is 0.429. The van der Waals surface area contributed by atoms with E-state index in [1.165, 1.54) is 0 Å². The molecule has 0 saturated carbocycles. The second-order valence-electron chi connectivity index (χ2n) is 4.67. The summed E-state index contributed by atoms with van der Waals surface area (Å²) in [6.45, 7) is 2.32. The van der Waals surface area contributed by atoms with Crippen molar-refractivity contribution in [1.29, 1.82) is 0 Å². The summed E-state index contributed by atoms with van der Waals surface area (Å²) >= 11 is 0. The molecule has 1 rings (SSSR count). The summed E-state index contributed by atoms with van der Waals surface area (Å²) in [4.78, 5) is 22.7. The minimum atomic E-state index is -0.943. The molecule has 0 spiro atoms. The van der Waals surface area contributed by atoms with Crippen molar-refractivity contribution in [3.05, 3.63) is 35.9 Å². The molecular weight excluding hydrogens is 244 g/mol. The summed E-state index contributed by atoms with van der Waals surface area (Å²) in [7, 11) is 0. The molecule has 4 N–H and O–H groups in total. The number of amides is 1. The van der Waals surface area contributed by atoms with Crippen LogP contribution in [0.25, 0.3) is 0 Å². The van der Waals surface area contributed by atoms with Crippen molar-refractivity contribution in [2.75, 3.05) is 6.54 Å². The summed E-state index contributed by atoms with van der Waals surface area (Å²) in [5.41, 5.74) is 6.26. The third kappa shape index (κ3) is 5.52. The highest BCUT2D eigenvalue weighted by Crippen LogP contribution is 2.17. The van der Waals surface area contributed by atoms with Crippen molar-refractivity contribution in [3.8, 4) is 0 Å². The average molecular weight is 264 g/mol. The number of nitrogens with two attached hydrogens (primary N) is 1. The van der Waals surface area contributed by atoms with Crippen molar-refractivity contribution in [2.24, 2.45) is 11.7 Å². The highest BCUT2D eigenvalue weighted by atomic mass is 16.4. The number of hydrogen-bond donors (Lipinski definition) is 3. The van der Waals surface area contributed by atoms with Crippen LogP contribution in [-0.4, -0.2) is 23.5 Å². The molecule has 0 aliphatic heterocycles. The maximum atomic E-state index is 11.8. The zero-order chi connectivity index (χ0) is 14.3. The van der Waals surface area contributed by atoms with Crippen LogP contribution in [0.3, 0.4) is 0 Å². The second-order valence-corrected chi connectivity index (χ2v) is 4.67. The molecule has 0 heterocycles. The summed E-state index contributed by atoms with van der Waals surface area (Å²) in [5.74, 6) is -1.03. The Balaban J connectivity index is 2.70. The van der Waals surface area contributed by atoms with Gasteiger partial charge < -0.3 is 16.2 Å². The third-order valence-electron chi connectivity index (χ3n) is 2.85. The van der Waals surface area contributed by atoms with Gasteiger partial charge >= 0.3 is 5.97 Å². The number of benzene rings is 1. The molecule has 0 aliphatic rings. The molecule has 2 unspecified atom stereocenters. The molecule has 1 aromatic rings. The molecule has 0 radical (unpaired) electrons. The van der Waals surface area contributed by atoms with Crippen molar-refractivity contribution < 1.29 is 14.7 Å². The SMILES string of the molecule is CC(CN)CC(=O)NC(CC(=O)O)c1ccccc1. The largest absolute Gasteiger partial charge is 0.481 e. The minimum absolute atomic E-state index is 0.0845. The number of carboxylic acids is 1. The molecule has 104 valence electrons. The Labute approximate surface area is 112 Å². The first-order valence-corrected chi connectivity index (χ1v) is 6.29. The van der Waals surface area contributed by atoms with E-state index in [0.29, 0.717) is 13.0 Å². The van der Waals surface area contributed by atoms with Crippen LogP contribution in [0.5, 0.6) is 0 Å². The van der Waals surface area contributed by atoms with E-state index in [1.54, 1.807) is 12.1 Å². The van der Waals surface area contributed by atoms with Gasteiger partial charge in [0.05, 0.1) is 12.5 Å². The van der Waals surface area contributed by atoms with Gasteiger partial charge in [-0.2, -0.15) is 0 Å². The maximum Gasteiger partial charge on any atom is 0.305 e. The first kappa shape index (κ1) is 15.2. The van der Waals surface area contributed by atoms with E-state index >= 15 is 0 Å². The smallest absolute Gasteiger partial charge is 0.305 e. The normalized spacial score (nSPS) is 13.6. The van der Waals surface area contributed by atoms with Gasteiger partial charge in [0, 0.05) is 6.42 Å². The number of hydrogen-bond acceptors (Lipinski definition) is 3. The van der Waals surface area contributed by atoms with E-state index in [0.717, 1.165) is 5.56 Å². The topological polar surface area (TPSA) is 92.4 Å². The Morgan fingerprint density at radius 3 is 2.42 bits per heavy atom. The van der Waals surface area contributed by atoms with Gasteiger partial charge in [-0.1, -0.05) is 37.3 Å². The highest BCUT2D eigenvalue weighted by molar-refractivity contribution is 5.78. The average Bonchev–Trinajstić information content (AvgIpc) is 2.38. The highest BCUT2D eigenvalue weighted by Gasteiger charge is 2.18. The quantitative estimate of drug-likeness (QED) is 0.692. The van der Waals surface area contributed by atoms with Gasteiger partial charge in [-0.15, -0.1) is 0 Å². The zero-order valence-electron chi connectivity index (χ0n) is 11.0. The zero-order valence-corrected chi connectivity index (χ0v) is 11.0. The second kappa shape index (κ2) is 7.53. The fourth-order valence-corrected chi connectivity index (χ4v) is 1.77. The van der Waals surface area contributed by atoms with Gasteiger partial charge in [-0.25, -0.2) is 0 Å². The minimum Gasteiger partial charge on any atom is -0.481 e. The molecule has 0 fully saturated rings. The Hall–Kier alpha value is -1.88. The van der Waals surface area contributed by atoms with Gasteiger partial charge in [0.15, 0.2) is 0 Å². The molecule has 0 saturated heterocycles. The van der Waals surface area contributed by atoms with E-state index in [9.17, 15) is 9.59 Å². The molecule has 5 heteroatoms. The first-order valence-electron chi connectivity index (χ1n) is 6.29.